The maximum atomic E-state index is 13.1. The van der Waals surface area contributed by atoms with Crippen LogP contribution >= 0.6 is 23.1 Å². The molecule has 4 rings (SSSR count). The molecule has 6 nitrogen and oxygen atoms in total. The van der Waals surface area contributed by atoms with Crippen LogP contribution in [0.3, 0.4) is 0 Å². The van der Waals surface area contributed by atoms with E-state index in [1.807, 2.05) is 97.9 Å². The van der Waals surface area contributed by atoms with Crippen LogP contribution in [0.2, 0.25) is 0 Å². The molecule has 0 saturated heterocycles. The van der Waals surface area contributed by atoms with Crippen molar-refractivity contribution in [2.75, 3.05) is 5.32 Å². The maximum absolute atomic E-state index is 13.1. The van der Waals surface area contributed by atoms with Crippen LogP contribution in [0.4, 0.5) is 5.13 Å². The number of rotatable bonds is 10. The molecular weight excluding hydrogens is 476 g/mol. The van der Waals surface area contributed by atoms with Crippen molar-refractivity contribution in [3.8, 4) is 0 Å². The Morgan fingerprint density at radius 2 is 1.43 bits per heavy atom. The third kappa shape index (κ3) is 7.24. The molecule has 0 aliphatic rings. The lowest BCUT2D eigenvalue weighted by atomic mass is 9.98. The number of amides is 2. The summed E-state index contributed by atoms with van der Waals surface area (Å²) in [6.45, 7) is 1.84. The minimum Gasteiger partial charge on any atom is -0.344 e. The normalized spacial score (nSPS) is 11.7. The lowest BCUT2D eigenvalue weighted by Gasteiger charge is -2.21. The van der Waals surface area contributed by atoms with Crippen molar-refractivity contribution in [3.63, 3.8) is 0 Å². The van der Waals surface area contributed by atoms with E-state index in [-0.39, 0.29) is 23.1 Å². The van der Waals surface area contributed by atoms with E-state index in [9.17, 15) is 9.59 Å². The summed E-state index contributed by atoms with van der Waals surface area (Å²) < 4.78 is 0.627. The molecule has 0 radical (unpaired) electrons. The molecule has 1 atom stereocenters. The van der Waals surface area contributed by atoms with Gasteiger partial charge in [0.2, 0.25) is 16.9 Å². The van der Waals surface area contributed by atoms with Crippen molar-refractivity contribution in [1.29, 1.82) is 0 Å². The maximum Gasteiger partial charge on any atom is 0.234 e. The summed E-state index contributed by atoms with van der Waals surface area (Å²) in [6, 6.07) is 29.4. The summed E-state index contributed by atoms with van der Waals surface area (Å²) in [7, 11) is 0. The average Bonchev–Trinajstić information content (AvgIpc) is 3.33. The molecule has 3 aromatic carbocycles. The number of anilines is 1. The highest BCUT2D eigenvalue weighted by molar-refractivity contribution is 8.02. The van der Waals surface area contributed by atoms with Gasteiger partial charge in [-0.3, -0.25) is 9.59 Å². The average molecular weight is 503 g/mol. The van der Waals surface area contributed by atoms with E-state index in [0.29, 0.717) is 22.3 Å². The van der Waals surface area contributed by atoms with E-state index in [0.717, 1.165) is 16.7 Å². The van der Waals surface area contributed by atoms with Gasteiger partial charge in [0.1, 0.15) is 0 Å². The van der Waals surface area contributed by atoms with Crippen molar-refractivity contribution in [2.24, 2.45) is 0 Å². The summed E-state index contributed by atoms with van der Waals surface area (Å²) >= 11 is 2.59. The molecule has 8 heteroatoms. The van der Waals surface area contributed by atoms with Gasteiger partial charge in [0.15, 0.2) is 4.34 Å². The van der Waals surface area contributed by atoms with Crippen molar-refractivity contribution >= 4 is 40.0 Å². The van der Waals surface area contributed by atoms with E-state index in [4.69, 9.17) is 0 Å². The van der Waals surface area contributed by atoms with Crippen LogP contribution in [0.1, 0.15) is 36.1 Å². The Labute approximate surface area is 213 Å². The first-order valence-corrected chi connectivity index (χ1v) is 13.0. The summed E-state index contributed by atoms with van der Waals surface area (Å²) in [5.41, 5.74) is 3.14. The second-order valence-electron chi connectivity index (χ2n) is 7.93. The summed E-state index contributed by atoms with van der Waals surface area (Å²) in [6.07, 6.45) is 1.03. The van der Waals surface area contributed by atoms with Gasteiger partial charge in [0.25, 0.3) is 0 Å². The molecule has 1 aromatic heterocycles. The van der Waals surface area contributed by atoms with Crippen molar-refractivity contribution in [2.45, 2.75) is 35.4 Å². The highest BCUT2D eigenvalue weighted by Gasteiger charge is 2.22. The fourth-order valence-electron chi connectivity index (χ4n) is 3.51. The van der Waals surface area contributed by atoms with Crippen LogP contribution in [0.15, 0.2) is 95.3 Å². The predicted octanol–water partition coefficient (Wildman–Crippen LogP) is 5.50. The Morgan fingerprint density at radius 3 is 2.03 bits per heavy atom. The molecule has 0 saturated carbocycles. The zero-order chi connectivity index (χ0) is 24.5. The Hall–Kier alpha value is -3.49. The van der Waals surface area contributed by atoms with Crippen LogP contribution < -0.4 is 10.6 Å². The number of aromatic nitrogens is 2. The fourth-order valence-corrected chi connectivity index (χ4v) is 5.43. The quantitative estimate of drug-likeness (QED) is 0.221. The second kappa shape index (κ2) is 12.3. The summed E-state index contributed by atoms with van der Waals surface area (Å²) in [5.74, 6) is -0.211. The molecule has 2 amide bonds. The number of hydrogen-bond donors (Lipinski definition) is 2. The van der Waals surface area contributed by atoms with Gasteiger partial charge >= 0.3 is 0 Å². The standard InChI is InChI=1S/C27H26N4O2S2/c1-19(25(33)29-24(21-13-7-3-8-14-21)22-15-9-4-10-16-22)34-27-31-30-26(35-27)28-23(32)18-17-20-11-5-2-6-12-20/h2-16,19,24H,17-18H2,1H3,(H,29,33)(H,28,30,32)/t19-/m0/s1. The van der Waals surface area contributed by atoms with Crippen LogP contribution in [-0.2, 0) is 16.0 Å². The van der Waals surface area contributed by atoms with E-state index in [2.05, 4.69) is 20.8 Å². The van der Waals surface area contributed by atoms with E-state index >= 15 is 0 Å². The number of aryl methyl sites for hydroxylation is 1. The molecule has 0 spiro atoms. The van der Waals surface area contributed by atoms with Gasteiger partial charge in [-0.25, -0.2) is 0 Å². The summed E-state index contributed by atoms with van der Waals surface area (Å²) in [5, 5.41) is 14.2. The number of carbonyl (C=O) groups excluding carboxylic acids is 2. The van der Waals surface area contributed by atoms with Gasteiger partial charge in [-0.2, -0.15) is 0 Å². The predicted molar refractivity (Wildman–Crippen MR) is 141 cm³/mol. The molecule has 2 N–H and O–H groups in total. The van der Waals surface area contributed by atoms with E-state index in [1.165, 1.54) is 23.1 Å². The molecule has 4 aromatic rings. The van der Waals surface area contributed by atoms with Crippen LogP contribution in [0.25, 0.3) is 0 Å². The topological polar surface area (TPSA) is 84.0 Å². The molecule has 1 heterocycles. The first-order chi connectivity index (χ1) is 17.1. The van der Waals surface area contributed by atoms with Gasteiger partial charge < -0.3 is 10.6 Å². The third-order valence-corrected chi connectivity index (χ3v) is 7.36. The number of thioether (sulfide) groups is 1. The van der Waals surface area contributed by atoms with E-state index in [1.54, 1.807) is 0 Å². The molecule has 0 aliphatic carbocycles. The van der Waals surface area contributed by atoms with Crippen molar-refractivity contribution in [3.05, 3.63) is 108 Å². The third-order valence-electron chi connectivity index (χ3n) is 5.34. The van der Waals surface area contributed by atoms with E-state index < -0.39 is 0 Å². The van der Waals surface area contributed by atoms with Gasteiger partial charge in [-0.15, -0.1) is 10.2 Å². The molecular formula is C27H26N4O2S2. The van der Waals surface area contributed by atoms with Gasteiger partial charge in [-0.05, 0) is 30.0 Å². The van der Waals surface area contributed by atoms with Crippen molar-refractivity contribution < 1.29 is 9.59 Å². The summed E-state index contributed by atoms with van der Waals surface area (Å²) in [4.78, 5) is 25.3. The molecule has 0 unspecified atom stereocenters. The number of nitrogens with one attached hydrogen (secondary N) is 2. The fraction of sp³-hybridized carbons (Fsp3) is 0.185. The zero-order valence-corrected chi connectivity index (χ0v) is 20.9. The van der Waals surface area contributed by atoms with Gasteiger partial charge in [0.05, 0.1) is 11.3 Å². The highest BCUT2D eigenvalue weighted by atomic mass is 32.2. The Bertz CT molecular complexity index is 1190. The highest BCUT2D eigenvalue weighted by Crippen LogP contribution is 2.30. The lowest BCUT2D eigenvalue weighted by molar-refractivity contribution is -0.120. The number of nitrogens with zero attached hydrogens (tertiary/aromatic N) is 2. The SMILES string of the molecule is C[C@H](Sc1nnc(NC(=O)CCc2ccccc2)s1)C(=O)NC(c1ccccc1)c1ccccc1. The largest absolute Gasteiger partial charge is 0.344 e. The van der Waals surface area contributed by atoms with Crippen LogP contribution in [0.5, 0.6) is 0 Å². The minimum atomic E-state index is -0.389. The lowest BCUT2D eigenvalue weighted by Crippen LogP contribution is -2.34. The van der Waals surface area contributed by atoms with Gasteiger partial charge in [-0.1, -0.05) is 114 Å². The zero-order valence-electron chi connectivity index (χ0n) is 19.3. The minimum absolute atomic E-state index is 0.101. The number of hydrogen-bond acceptors (Lipinski definition) is 6. The smallest absolute Gasteiger partial charge is 0.234 e. The number of benzene rings is 3. The van der Waals surface area contributed by atoms with Crippen molar-refractivity contribution in [1.82, 2.24) is 15.5 Å². The molecule has 0 fully saturated rings. The molecule has 178 valence electrons. The Kier molecular flexibility index (Phi) is 8.64. The van der Waals surface area contributed by atoms with Gasteiger partial charge in [0, 0.05) is 6.42 Å². The molecule has 35 heavy (non-hydrogen) atoms. The first-order valence-electron chi connectivity index (χ1n) is 11.3. The van der Waals surface area contributed by atoms with Crippen LogP contribution in [0, 0.1) is 0 Å². The Morgan fingerprint density at radius 1 is 0.857 bits per heavy atom. The van der Waals surface area contributed by atoms with Crippen LogP contribution in [-0.4, -0.2) is 27.3 Å². The first kappa shape index (κ1) is 24.6. The monoisotopic (exact) mass is 502 g/mol. The molecule has 0 bridgehead atoms. The second-order valence-corrected chi connectivity index (χ2v) is 10.5. The number of carbonyl (C=O) groups is 2. The Balaban J connectivity index is 1.33. The molecule has 0 aliphatic heterocycles.